The van der Waals surface area contributed by atoms with E-state index in [0.29, 0.717) is 36.2 Å². The van der Waals surface area contributed by atoms with Crippen LogP contribution in [0.25, 0.3) is 0 Å². The minimum Gasteiger partial charge on any atom is -0.393 e. The molecule has 3 saturated carbocycles. The topological polar surface area (TPSA) is 54.4 Å². The largest absolute Gasteiger partial charge is 0.393 e. The van der Waals surface area contributed by atoms with Crippen LogP contribution in [0, 0.1) is 34.5 Å². The summed E-state index contributed by atoms with van der Waals surface area (Å²) in [5.74, 6) is 2.02. The highest BCUT2D eigenvalue weighted by atomic mass is 16.3. The van der Waals surface area contributed by atoms with E-state index in [1.54, 1.807) is 6.92 Å². The average molecular weight is 330 g/mol. The smallest absolute Gasteiger partial charge is 0.136 e. The van der Waals surface area contributed by atoms with E-state index in [2.05, 4.69) is 19.9 Å². The summed E-state index contributed by atoms with van der Waals surface area (Å²) in [5, 5.41) is 11.2. The lowest BCUT2D eigenvalue weighted by atomic mass is 9.46. The fourth-order valence-corrected chi connectivity index (χ4v) is 7.28. The quantitative estimate of drug-likeness (QED) is 0.746. The van der Waals surface area contributed by atoms with E-state index >= 15 is 0 Å². The fourth-order valence-electron chi connectivity index (χ4n) is 7.28. The molecule has 0 bridgehead atoms. The van der Waals surface area contributed by atoms with Gasteiger partial charge in [0.25, 0.3) is 0 Å². The summed E-state index contributed by atoms with van der Waals surface area (Å²) in [4.78, 5) is 24.1. The van der Waals surface area contributed by atoms with Crippen LogP contribution in [-0.2, 0) is 9.59 Å². The van der Waals surface area contributed by atoms with Crippen molar-refractivity contribution >= 4 is 11.6 Å². The lowest BCUT2D eigenvalue weighted by Gasteiger charge is -2.59. The predicted molar refractivity (Wildman–Crippen MR) is 92.3 cm³/mol. The van der Waals surface area contributed by atoms with Gasteiger partial charge in [0.1, 0.15) is 11.6 Å². The zero-order chi connectivity index (χ0) is 17.3. The van der Waals surface area contributed by atoms with E-state index in [1.807, 2.05) is 0 Å². The zero-order valence-electron chi connectivity index (χ0n) is 15.2. The van der Waals surface area contributed by atoms with Crippen LogP contribution in [-0.4, -0.2) is 22.8 Å². The van der Waals surface area contributed by atoms with Gasteiger partial charge in [-0.05, 0) is 67.6 Å². The Hall–Kier alpha value is -0.960. The van der Waals surface area contributed by atoms with Crippen LogP contribution in [0.2, 0.25) is 0 Å². The third-order valence-corrected chi connectivity index (χ3v) is 8.36. The second-order valence-electron chi connectivity index (χ2n) is 9.41. The molecule has 0 spiro atoms. The van der Waals surface area contributed by atoms with Crippen molar-refractivity contribution in [2.45, 2.75) is 71.8 Å². The molecule has 0 aromatic rings. The molecule has 24 heavy (non-hydrogen) atoms. The van der Waals surface area contributed by atoms with Crippen molar-refractivity contribution in [3.05, 3.63) is 11.6 Å². The van der Waals surface area contributed by atoms with Crippen LogP contribution >= 0.6 is 0 Å². The summed E-state index contributed by atoms with van der Waals surface area (Å²) < 4.78 is 0. The van der Waals surface area contributed by atoms with Crippen molar-refractivity contribution in [3.63, 3.8) is 0 Å². The molecule has 4 rings (SSSR count). The highest BCUT2D eigenvalue weighted by molar-refractivity contribution is 5.82. The molecule has 4 aliphatic carbocycles. The molecule has 3 heteroatoms. The minimum atomic E-state index is -0.349. The first-order valence-electron chi connectivity index (χ1n) is 9.67. The number of hydrogen-bond acceptors (Lipinski definition) is 3. The molecule has 0 aliphatic heterocycles. The number of carbonyl (C=O) groups excluding carboxylic acids is 2. The van der Waals surface area contributed by atoms with E-state index in [4.69, 9.17) is 0 Å². The third kappa shape index (κ3) is 2.06. The molecule has 3 nitrogen and oxygen atoms in total. The first kappa shape index (κ1) is 16.5. The van der Waals surface area contributed by atoms with Crippen LogP contribution in [0.4, 0.5) is 0 Å². The van der Waals surface area contributed by atoms with Gasteiger partial charge in [0.05, 0.1) is 6.10 Å². The summed E-state index contributed by atoms with van der Waals surface area (Å²) >= 11 is 0. The molecule has 0 unspecified atom stereocenters. The number of aliphatic hydroxyl groups is 1. The molecule has 0 amide bonds. The van der Waals surface area contributed by atoms with E-state index in [1.165, 1.54) is 5.57 Å². The Morgan fingerprint density at radius 3 is 2.75 bits per heavy atom. The number of aliphatic hydroxyl groups excluding tert-OH is 1. The Morgan fingerprint density at radius 2 is 2.04 bits per heavy atom. The molecule has 7 atom stereocenters. The van der Waals surface area contributed by atoms with Gasteiger partial charge < -0.3 is 5.11 Å². The summed E-state index contributed by atoms with van der Waals surface area (Å²) in [7, 11) is 0. The number of ketones is 2. The summed E-state index contributed by atoms with van der Waals surface area (Å²) in [6.07, 6.45) is 7.92. The molecule has 0 radical (unpaired) electrons. The monoisotopic (exact) mass is 330 g/mol. The number of carbonyl (C=O) groups is 2. The Morgan fingerprint density at radius 1 is 1.29 bits per heavy atom. The lowest BCUT2D eigenvalue weighted by Crippen LogP contribution is -2.56. The van der Waals surface area contributed by atoms with Gasteiger partial charge in [-0.25, -0.2) is 0 Å². The third-order valence-electron chi connectivity index (χ3n) is 8.36. The summed E-state index contributed by atoms with van der Waals surface area (Å²) in [6.45, 7) is 6.26. The Balaban J connectivity index is 1.73. The number of Topliss-reactive ketones (excluding diaryl/α,β-unsaturated/α-hetero) is 2. The molecule has 0 aromatic heterocycles. The molecule has 3 fully saturated rings. The van der Waals surface area contributed by atoms with Crippen LogP contribution < -0.4 is 0 Å². The highest BCUT2D eigenvalue weighted by Gasteiger charge is 2.62. The van der Waals surface area contributed by atoms with Gasteiger partial charge >= 0.3 is 0 Å². The Bertz CT molecular complexity index is 621. The van der Waals surface area contributed by atoms with Crippen molar-refractivity contribution < 1.29 is 14.7 Å². The van der Waals surface area contributed by atoms with Crippen molar-refractivity contribution in [2.75, 3.05) is 0 Å². The van der Waals surface area contributed by atoms with Crippen molar-refractivity contribution in [1.29, 1.82) is 0 Å². The first-order chi connectivity index (χ1) is 11.3. The number of fused-ring (bicyclic) bond motifs is 5. The van der Waals surface area contributed by atoms with E-state index in [0.717, 1.165) is 32.1 Å². The van der Waals surface area contributed by atoms with Crippen molar-refractivity contribution in [2.24, 2.45) is 34.5 Å². The SMILES string of the molecule is CC(=O)[C@H]1CC[C@H]2[C@@H]3CC=C4CC(=O)CC[C@]4(C)[C@H]3[C@@H](O)C[C@]12C. The normalized spacial score (nSPS) is 50.6. The maximum absolute atomic E-state index is 12.2. The van der Waals surface area contributed by atoms with E-state index in [9.17, 15) is 14.7 Å². The van der Waals surface area contributed by atoms with Crippen LogP contribution in [0.15, 0.2) is 11.6 Å². The van der Waals surface area contributed by atoms with Crippen LogP contribution in [0.1, 0.15) is 65.7 Å². The molecule has 0 heterocycles. The van der Waals surface area contributed by atoms with E-state index < -0.39 is 0 Å². The zero-order valence-corrected chi connectivity index (χ0v) is 15.2. The van der Waals surface area contributed by atoms with Gasteiger partial charge in [-0.15, -0.1) is 0 Å². The second kappa shape index (κ2) is 5.27. The number of allylic oxidation sites excluding steroid dienone is 2. The van der Waals surface area contributed by atoms with Gasteiger partial charge in [0.2, 0.25) is 0 Å². The molecular formula is C21H30O3. The number of rotatable bonds is 1. The fraction of sp³-hybridized carbons (Fsp3) is 0.810. The average Bonchev–Trinajstić information content (AvgIpc) is 2.84. The van der Waals surface area contributed by atoms with Crippen molar-refractivity contribution in [3.8, 4) is 0 Å². The van der Waals surface area contributed by atoms with Gasteiger partial charge in [-0.2, -0.15) is 0 Å². The standard InChI is InChI=1S/C21H30O3/c1-12(22)16-6-7-17-15-5-4-13-10-14(23)8-9-20(13,2)19(15)18(24)11-21(16,17)3/h4,15-19,24H,5-11H2,1-3H3/t15-,16+,17-,18-,19+,20-,21+/m0/s1. The van der Waals surface area contributed by atoms with Gasteiger partial charge in [-0.1, -0.05) is 25.5 Å². The molecule has 0 aromatic carbocycles. The number of hydrogen-bond donors (Lipinski definition) is 1. The maximum Gasteiger partial charge on any atom is 0.136 e. The molecule has 132 valence electrons. The van der Waals surface area contributed by atoms with Crippen LogP contribution in [0.3, 0.4) is 0 Å². The Kier molecular flexibility index (Phi) is 3.62. The molecule has 1 N–H and O–H groups in total. The molecule has 0 saturated heterocycles. The minimum absolute atomic E-state index is 0.0219. The summed E-state index contributed by atoms with van der Waals surface area (Å²) in [6, 6.07) is 0. The van der Waals surface area contributed by atoms with Gasteiger partial charge in [-0.3, -0.25) is 9.59 Å². The second-order valence-corrected chi connectivity index (χ2v) is 9.41. The lowest BCUT2D eigenvalue weighted by molar-refractivity contribution is -0.142. The first-order valence-corrected chi connectivity index (χ1v) is 9.67. The highest BCUT2D eigenvalue weighted by Crippen LogP contribution is 2.66. The van der Waals surface area contributed by atoms with E-state index in [-0.39, 0.29) is 28.8 Å². The van der Waals surface area contributed by atoms with Crippen LogP contribution in [0.5, 0.6) is 0 Å². The Labute approximate surface area is 144 Å². The van der Waals surface area contributed by atoms with Gasteiger partial charge in [0.15, 0.2) is 0 Å². The summed E-state index contributed by atoms with van der Waals surface area (Å²) in [5.41, 5.74) is 1.22. The van der Waals surface area contributed by atoms with Gasteiger partial charge in [0, 0.05) is 18.8 Å². The maximum atomic E-state index is 12.2. The molecular weight excluding hydrogens is 300 g/mol. The predicted octanol–water partition coefficient (Wildman–Crippen LogP) is 3.69. The van der Waals surface area contributed by atoms with Crippen molar-refractivity contribution in [1.82, 2.24) is 0 Å². The molecule has 4 aliphatic rings.